The van der Waals surface area contributed by atoms with Crippen LogP contribution >= 0.6 is 11.3 Å². The number of hydrogen-bond donors (Lipinski definition) is 1. The number of thiazole rings is 1. The molecule has 1 amide bonds. The maximum Gasteiger partial charge on any atom is 0.236 e. The number of nitrogens with one attached hydrogen (secondary N) is 1. The van der Waals surface area contributed by atoms with Crippen molar-refractivity contribution >= 4 is 23.2 Å². The number of aromatic nitrogens is 1. The highest BCUT2D eigenvalue weighted by molar-refractivity contribution is 7.11. The van der Waals surface area contributed by atoms with Gasteiger partial charge in [0.2, 0.25) is 5.91 Å². The van der Waals surface area contributed by atoms with Crippen LogP contribution in [-0.4, -0.2) is 84.4 Å². The second kappa shape index (κ2) is 9.50. The van der Waals surface area contributed by atoms with Crippen molar-refractivity contribution in [1.82, 2.24) is 25.0 Å². The van der Waals surface area contributed by atoms with Gasteiger partial charge in [-0.1, -0.05) is 0 Å². The fourth-order valence-electron chi connectivity index (χ4n) is 3.65. The van der Waals surface area contributed by atoms with Gasteiger partial charge in [-0.15, -0.1) is 11.3 Å². The van der Waals surface area contributed by atoms with E-state index in [4.69, 9.17) is 0 Å². The number of nitrogens with zero attached hydrogens (tertiary/aromatic N) is 5. The Morgan fingerprint density at radius 3 is 2.37 bits per heavy atom. The predicted molar refractivity (Wildman–Crippen MR) is 110 cm³/mol. The van der Waals surface area contributed by atoms with Crippen LogP contribution in [0.15, 0.2) is 4.99 Å². The number of piperazine rings is 1. The van der Waals surface area contributed by atoms with E-state index in [1.54, 1.807) is 11.3 Å². The van der Waals surface area contributed by atoms with Crippen LogP contribution in [0, 0.1) is 13.8 Å². The Kier molecular flexibility index (Phi) is 7.07. The fourth-order valence-corrected chi connectivity index (χ4v) is 4.53. The van der Waals surface area contributed by atoms with Crippen molar-refractivity contribution in [3.8, 4) is 0 Å². The minimum atomic E-state index is 0.292. The molecule has 2 fully saturated rings. The monoisotopic (exact) mass is 392 g/mol. The van der Waals surface area contributed by atoms with Gasteiger partial charge in [-0.2, -0.15) is 0 Å². The Morgan fingerprint density at radius 1 is 1.07 bits per heavy atom. The molecule has 1 aromatic rings. The van der Waals surface area contributed by atoms with Gasteiger partial charge in [-0.05, 0) is 33.1 Å². The van der Waals surface area contributed by atoms with E-state index >= 15 is 0 Å². The molecule has 2 aliphatic rings. The van der Waals surface area contributed by atoms with Gasteiger partial charge in [-0.3, -0.25) is 14.7 Å². The van der Waals surface area contributed by atoms with Crippen molar-refractivity contribution in [1.29, 1.82) is 0 Å². The Labute approximate surface area is 166 Å². The number of hydrogen-bond acceptors (Lipinski definition) is 5. The SMILES string of the molecule is CN=C(NCc1nc(C)c(C)s1)N1CCN(CC(=O)N2CCCCC2)CC1. The second-order valence-corrected chi connectivity index (χ2v) is 8.64. The minimum Gasteiger partial charge on any atom is -0.350 e. The van der Waals surface area contributed by atoms with Gasteiger partial charge in [0, 0.05) is 51.2 Å². The fraction of sp³-hybridized carbons (Fsp3) is 0.737. The molecule has 150 valence electrons. The molecule has 1 aromatic heterocycles. The first kappa shape index (κ1) is 20.1. The number of likely N-dealkylation sites (tertiary alicyclic amines) is 1. The normalized spacial score (nSPS) is 19.4. The number of aliphatic imine (C=N–C) groups is 1. The van der Waals surface area contributed by atoms with Crippen LogP contribution in [0.3, 0.4) is 0 Å². The molecule has 3 rings (SSSR count). The molecule has 7 nitrogen and oxygen atoms in total. The first-order valence-electron chi connectivity index (χ1n) is 9.95. The lowest BCUT2D eigenvalue weighted by atomic mass is 10.1. The third kappa shape index (κ3) is 5.42. The van der Waals surface area contributed by atoms with E-state index in [1.807, 2.05) is 11.9 Å². The Hall–Kier alpha value is -1.67. The molecule has 0 saturated carbocycles. The number of carbonyl (C=O) groups excluding carboxylic acids is 1. The largest absolute Gasteiger partial charge is 0.350 e. The average Bonchev–Trinajstić information content (AvgIpc) is 3.01. The van der Waals surface area contributed by atoms with Gasteiger partial charge in [0.25, 0.3) is 0 Å². The second-order valence-electron chi connectivity index (χ2n) is 7.35. The molecule has 0 atom stereocenters. The molecule has 2 saturated heterocycles. The van der Waals surface area contributed by atoms with Gasteiger partial charge in [0.05, 0.1) is 18.8 Å². The number of rotatable bonds is 4. The maximum absolute atomic E-state index is 12.5. The van der Waals surface area contributed by atoms with E-state index in [9.17, 15) is 4.79 Å². The number of carbonyl (C=O) groups is 1. The topological polar surface area (TPSA) is 64.1 Å². The number of aryl methyl sites for hydroxylation is 2. The molecule has 0 radical (unpaired) electrons. The van der Waals surface area contributed by atoms with Crippen LogP contribution in [0.25, 0.3) is 0 Å². The Morgan fingerprint density at radius 2 is 1.78 bits per heavy atom. The first-order chi connectivity index (χ1) is 13.1. The number of amides is 1. The molecular formula is C19H32N6OS. The van der Waals surface area contributed by atoms with Crippen LogP contribution in [0.2, 0.25) is 0 Å². The summed E-state index contributed by atoms with van der Waals surface area (Å²) in [5, 5.41) is 4.53. The van der Waals surface area contributed by atoms with Crippen molar-refractivity contribution in [3.63, 3.8) is 0 Å². The van der Waals surface area contributed by atoms with Crippen LogP contribution < -0.4 is 5.32 Å². The summed E-state index contributed by atoms with van der Waals surface area (Å²) >= 11 is 1.74. The lowest BCUT2D eigenvalue weighted by molar-refractivity contribution is -0.133. The van der Waals surface area contributed by atoms with Gasteiger partial charge in [0.15, 0.2) is 5.96 Å². The van der Waals surface area contributed by atoms with Crippen molar-refractivity contribution in [2.75, 3.05) is 52.9 Å². The van der Waals surface area contributed by atoms with Crippen molar-refractivity contribution in [2.45, 2.75) is 39.7 Å². The van der Waals surface area contributed by atoms with E-state index in [0.717, 1.165) is 68.8 Å². The van der Waals surface area contributed by atoms with Crippen molar-refractivity contribution in [2.24, 2.45) is 4.99 Å². The van der Waals surface area contributed by atoms with Crippen molar-refractivity contribution < 1.29 is 4.79 Å². The van der Waals surface area contributed by atoms with E-state index in [2.05, 4.69) is 38.9 Å². The van der Waals surface area contributed by atoms with Gasteiger partial charge in [0.1, 0.15) is 5.01 Å². The van der Waals surface area contributed by atoms with Crippen molar-refractivity contribution in [3.05, 3.63) is 15.6 Å². The summed E-state index contributed by atoms with van der Waals surface area (Å²) in [6, 6.07) is 0. The first-order valence-corrected chi connectivity index (χ1v) is 10.8. The van der Waals surface area contributed by atoms with E-state index in [0.29, 0.717) is 19.0 Å². The smallest absolute Gasteiger partial charge is 0.236 e. The lowest BCUT2D eigenvalue weighted by Gasteiger charge is -2.37. The average molecular weight is 393 g/mol. The molecule has 3 heterocycles. The molecule has 0 bridgehead atoms. The number of guanidine groups is 1. The maximum atomic E-state index is 12.5. The zero-order chi connectivity index (χ0) is 19.2. The van der Waals surface area contributed by atoms with Gasteiger partial charge >= 0.3 is 0 Å². The van der Waals surface area contributed by atoms with Gasteiger partial charge in [-0.25, -0.2) is 4.98 Å². The zero-order valence-corrected chi connectivity index (χ0v) is 17.6. The molecule has 0 unspecified atom stereocenters. The Bertz CT molecular complexity index is 640. The predicted octanol–water partition coefficient (Wildman–Crippen LogP) is 1.47. The molecule has 0 spiro atoms. The highest BCUT2D eigenvalue weighted by Crippen LogP contribution is 2.16. The third-order valence-electron chi connectivity index (χ3n) is 5.42. The highest BCUT2D eigenvalue weighted by Gasteiger charge is 2.24. The quantitative estimate of drug-likeness (QED) is 0.621. The summed E-state index contributed by atoms with van der Waals surface area (Å²) in [5.41, 5.74) is 1.11. The molecule has 1 N–H and O–H groups in total. The summed E-state index contributed by atoms with van der Waals surface area (Å²) in [4.78, 5) is 29.3. The summed E-state index contributed by atoms with van der Waals surface area (Å²) in [7, 11) is 1.83. The lowest BCUT2D eigenvalue weighted by Crippen LogP contribution is -2.54. The molecular weight excluding hydrogens is 360 g/mol. The Balaban J connectivity index is 1.43. The third-order valence-corrected chi connectivity index (χ3v) is 6.49. The summed E-state index contributed by atoms with van der Waals surface area (Å²) in [6.07, 6.45) is 3.56. The standard InChI is InChI=1S/C19H32N6OS/c1-15-16(2)27-17(22-15)13-21-19(20-3)25-11-9-23(10-12-25)14-18(26)24-7-5-4-6-8-24/h4-14H2,1-3H3,(H,20,21). The molecule has 0 aliphatic carbocycles. The minimum absolute atomic E-state index is 0.292. The molecule has 2 aliphatic heterocycles. The van der Waals surface area contributed by atoms with E-state index in [1.165, 1.54) is 11.3 Å². The van der Waals surface area contributed by atoms with Crippen LogP contribution in [0.5, 0.6) is 0 Å². The summed E-state index contributed by atoms with van der Waals surface area (Å²) < 4.78 is 0. The number of piperidine rings is 1. The molecule has 27 heavy (non-hydrogen) atoms. The van der Waals surface area contributed by atoms with Gasteiger partial charge < -0.3 is 15.1 Å². The summed E-state index contributed by atoms with van der Waals surface area (Å²) in [5.74, 6) is 1.21. The molecule has 0 aromatic carbocycles. The summed E-state index contributed by atoms with van der Waals surface area (Å²) in [6.45, 7) is 10.9. The van der Waals surface area contributed by atoms with Crippen LogP contribution in [-0.2, 0) is 11.3 Å². The molecule has 8 heteroatoms. The van der Waals surface area contributed by atoms with E-state index in [-0.39, 0.29) is 0 Å². The highest BCUT2D eigenvalue weighted by atomic mass is 32.1. The van der Waals surface area contributed by atoms with Crippen LogP contribution in [0.1, 0.15) is 34.8 Å². The zero-order valence-electron chi connectivity index (χ0n) is 16.8. The van der Waals surface area contributed by atoms with Crippen LogP contribution in [0.4, 0.5) is 0 Å². The van der Waals surface area contributed by atoms with E-state index < -0.39 is 0 Å².